The van der Waals surface area contributed by atoms with Crippen LogP contribution < -0.4 is 16.4 Å². The summed E-state index contributed by atoms with van der Waals surface area (Å²) in [6.45, 7) is 1.37. The van der Waals surface area contributed by atoms with E-state index in [4.69, 9.17) is 5.73 Å². The van der Waals surface area contributed by atoms with Crippen LogP contribution in [0.3, 0.4) is 0 Å². The van der Waals surface area contributed by atoms with Gasteiger partial charge in [0.05, 0.1) is 0 Å². The summed E-state index contributed by atoms with van der Waals surface area (Å²) in [6.07, 6.45) is 0. The molecule has 98 valence electrons. The Morgan fingerprint density at radius 3 is 2.17 bits per heavy atom. The number of anilines is 1. The van der Waals surface area contributed by atoms with Gasteiger partial charge in [-0.05, 0) is 19.1 Å². The van der Waals surface area contributed by atoms with Crippen molar-refractivity contribution >= 4 is 17.5 Å². The molecule has 0 aromatic heterocycles. The number of benzene rings is 1. The first-order valence-electron chi connectivity index (χ1n) is 5.13. The predicted molar refractivity (Wildman–Crippen MR) is 62.0 cm³/mol. The van der Waals surface area contributed by atoms with Crippen LogP contribution in [0.1, 0.15) is 17.3 Å². The van der Waals surface area contributed by atoms with E-state index in [-0.39, 0.29) is 11.3 Å². The molecule has 7 heteroatoms. The molecule has 0 aliphatic heterocycles. The SMILES string of the molecule is CNc1c(F)cc(C(=O)NC(C)C(N)=O)cc1F. The van der Waals surface area contributed by atoms with E-state index in [1.54, 1.807) is 0 Å². The summed E-state index contributed by atoms with van der Waals surface area (Å²) in [7, 11) is 1.36. The zero-order valence-electron chi connectivity index (χ0n) is 9.88. The third-order valence-corrected chi connectivity index (χ3v) is 2.33. The van der Waals surface area contributed by atoms with Crippen LogP contribution >= 0.6 is 0 Å². The van der Waals surface area contributed by atoms with Crippen molar-refractivity contribution in [1.82, 2.24) is 5.32 Å². The van der Waals surface area contributed by atoms with E-state index in [2.05, 4.69) is 10.6 Å². The number of hydrogen-bond acceptors (Lipinski definition) is 3. The molecule has 0 radical (unpaired) electrons. The summed E-state index contributed by atoms with van der Waals surface area (Å²) in [4.78, 5) is 22.3. The first-order valence-corrected chi connectivity index (χ1v) is 5.13. The molecule has 4 N–H and O–H groups in total. The first kappa shape index (κ1) is 13.9. The summed E-state index contributed by atoms with van der Waals surface area (Å²) in [5.74, 6) is -3.30. The van der Waals surface area contributed by atoms with Crippen LogP contribution in [0.2, 0.25) is 0 Å². The third kappa shape index (κ3) is 2.93. The highest BCUT2D eigenvalue weighted by Crippen LogP contribution is 2.20. The number of nitrogens with one attached hydrogen (secondary N) is 2. The summed E-state index contributed by atoms with van der Waals surface area (Å²) in [6, 6.07) is 0.822. The second kappa shape index (κ2) is 5.44. The van der Waals surface area contributed by atoms with Gasteiger partial charge in [-0.25, -0.2) is 8.78 Å². The maximum atomic E-state index is 13.4. The monoisotopic (exact) mass is 257 g/mol. The van der Waals surface area contributed by atoms with Crippen LogP contribution in [0.4, 0.5) is 14.5 Å². The molecule has 1 atom stereocenters. The van der Waals surface area contributed by atoms with E-state index in [1.807, 2.05) is 0 Å². The fraction of sp³-hybridized carbons (Fsp3) is 0.273. The molecule has 0 bridgehead atoms. The summed E-state index contributed by atoms with van der Waals surface area (Å²) in [5, 5.41) is 4.55. The van der Waals surface area contributed by atoms with E-state index in [0.29, 0.717) is 0 Å². The molecule has 0 aliphatic rings. The number of halogens is 2. The quantitative estimate of drug-likeness (QED) is 0.739. The molecule has 5 nitrogen and oxygen atoms in total. The van der Waals surface area contributed by atoms with Crippen molar-refractivity contribution in [3.05, 3.63) is 29.3 Å². The zero-order chi connectivity index (χ0) is 13.9. The van der Waals surface area contributed by atoms with Crippen molar-refractivity contribution in [2.24, 2.45) is 5.73 Å². The molecule has 1 rings (SSSR count). The van der Waals surface area contributed by atoms with Crippen LogP contribution in [0.5, 0.6) is 0 Å². The molecule has 0 spiro atoms. The molecule has 18 heavy (non-hydrogen) atoms. The number of hydrogen-bond donors (Lipinski definition) is 3. The normalized spacial score (nSPS) is 11.8. The lowest BCUT2D eigenvalue weighted by Crippen LogP contribution is -2.42. The lowest BCUT2D eigenvalue weighted by molar-refractivity contribution is -0.119. The van der Waals surface area contributed by atoms with Crippen LogP contribution in [0, 0.1) is 11.6 Å². The number of amides is 2. The van der Waals surface area contributed by atoms with Gasteiger partial charge in [0.25, 0.3) is 5.91 Å². The number of primary amides is 1. The topological polar surface area (TPSA) is 84.2 Å². The minimum atomic E-state index is -0.924. The van der Waals surface area contributed by atoms with E-state index in [1.165, 1.54) is 14.0 Å². The lowest BCUT2D eigenvalue weighted by Gasteiger charge is -2.11. The fourth-order valence-corrected chi connectivity index (χ4v) is 1.29. The highest BCUT2D eigenvalue weighted by molar-refractivity contribution is 5.97. The van der Waals surface area contributed by atoms with E-state index < -0.39 is 29.5 Å². The Kier molecular flexibility index (Phi) is 4.19. The standard InChI is InChI=1S/C11H13F2N3O2/c1-5(10(14)17)16-11(18)6-3-7(12)9(15-2)8(13)4-6/h3-5,15H,1-2H3,(H2,14,17)(H,16,18). The van der Waals surface area contributed by atoms with Gasteiger partial charge in [-0.15, -0.1) is 0 Å². The van der Waals surface area contributed by atoms with Gasteiger partial charge in [0.15, 0.2) is 0 Å². The molecule has 0 saturated carbocycles. The summed E-state index contributed by atoms with van der Waals surface area (Å²) < 4.78 is 26.8. The second-order valence-corrected chi connectivity index (χ2v) is 3.66. The van der Waals surface area contributed by atoms with Crippen molar-refractivity contribution in [2.75, 3.05) is 12.4 Å². The molecule has 0 heterocycles. The smallest absolute Gasteiger partial charge is 0.252 e. The highest BCUT2D eigenvalue weighted by Gasteiger charge is 2.17. The Morgan fingerprint density at radius 1 is 1.28 bits per heavy atom. The molecular weight excluding hydrogens is 244 g/mol. The second-order valence-electron chi connectivity index (χ2n) is 3.66. The van der Waals surface area contributed by atoms with Crippen molar-refractivity contribution in [2.45, 2.75) is 13.0 Å². The molecule has 0 fully saturated rings. The van der Waals surface area contributed by atoms with E-state index in [9.17, 15) is 18.4 Å². The van der Waals surface area contributed by atoms with Crippen LogP contribution in [-0.2, 0) is 4.79 Å². The molecule has 1 aromatic carbocycles. The van der Waals surface area contributed by atoms with Gasteiger partial charge >= 0.3 is 0 Å². The summed E-state index contributed by atoms with van der Waals surface area (Å²) >= 11 is 0. The predicted octanol–water partition coefficient (Wildman–Crippen LogP) is 0.610. The summed E-state index contributed by atoms with van der Waals surface area (Å²) in [5.41, 5.74) is 4.41. The number of carbonyl (C=O) groups excluding carboxylic acids is 2. The minimum absolute atomic E-state index is 0.225. The Morgan fingerprint density at radius 2 is 1.78 bits per heavy atom. The van der Waals surface area contributed by atoms with Crippen LogP contribution in [0.25, 0.3) is 0 Å². The largest absolute Gasteiger partial charge is 0.383 e. The van der Waals surface area contributed by atoms with Gasteiger partial charge in [0.1, 0.15) is 23.4 Å². The van der Waals surface area contributed by atoms with Gasteiger partial charge in [0, 0.05) is 12.6 Å². The number of carbonyl (C=O) groups is 2. The first-order chi connectivity index (χ1) is 8.36. The molecular formula is C11H13F2N3O2. The van der Waals surface area contributed by atoms with E-state index in [0.717, 1.165) is 12.1 Å². The van der Waals surface area contributed by atoms with Crippen LogP contribution in [0.15, 0.2) is 12.1 Å². The van der Waals surface area contributed by atoms with Gasteiger partial charge in [-0.1, -0.05) is 0 Å². The van der Waals surface area contributed by atoms with Crippen molar-refractivity contribution < 1.29 is 18.4 Å². The Bertz CT molecular complexity index is 468. The number of nitrogens with two attached hydrogens (primary N) is 1. The Balaban J connectivity index is 2.97. The lowest BCUT2D eigenvalue weighted by atomic mass is 10.1. The van der Waals surface area contributed by atoms with Crippen molar-refractivity contribution in [1.29, 1.82) is 0 Å². The molecule has 1 unspecified atom stereocenters. The minimum Gasteiger partial charge on any atom is -0.383 e. The fourth-order valence-electron chi connectivity index (χ4n) is 1.29. The van der Waals surface area contributed by atoms with Gasteiger partial charge in [0.2, 0.25) is 5.91 Å². The zero-order valence-corrected chi connectivity index (χ0v) is 9.88. The van der Waals surface area contributed by atoms with Gasteiger partial charge in [-0.3, -0.25) is 9.59 Å². The average molecular weight is 257 g/mol. The maximum Gasteiger partial charge on any atom is 0.252 e. The van der Waals surface area contributed by atoms with Crippen molar-refractivity contribution in [3.63, 3.8) is 0 Å². The maximum absolute atomic E-state index is 13.4. The molecule has 1 aromatic rings. The molecule has 0 saturated heterocycles. The van der Waals surface area contributed by atoms with Gasteiger partial charge in [-0.2, -0.15) is 0 Å². The van der Waals surface area contributed by atoms with Crippen molar-refractivity contribution in [3.8, 4) is 0 Å². The molecule has 2 amide bonds. The molecule has 0 aliphatic carbocycles. The van der Waals surface area contributed by atoms with Gasteiger partial charge < -0.3 is 16.4 Å². The third-order valence-electron chi connectivity index (χ3n) is 2.33. The number of rotatable bonds is 4. The van der Waals surface area contributed by atoms with E-state index >= 15 is 0 Å². The Hall–Kier alpha value is -2.18. The van der Waals surface area contributed by atoms with Crippen LogP contribution in [-0.4, -0.2) is 24.9 Å². The highest BCUT2D eigenvalue weighted by atomic mass is 19.1. The Labute approximate surface area is 102 Å². The average Bonchev–Trinajstić information content (AvgIpc) is 2.28.